The number of fused-ring (bicyclic) bond motifs is 3. The fraction of sp³-hybridized carbons (Fsp3) is 0.0625. The van der Waals surface area contributed by atoms with Gasteiger partial charge < -0.3 is 24.9 Å². The van der Waals surface area contributed by atoms with Crippen LogP contribution in [0.5, 0.6) is 11.5 Å². The van der Waals surface area contributed by atoms with Gasteiger partial charge in [0.25, 0.3) is 5.91 Å². The summed E-state index contributed by atoms with van der Waals surface area (Å²) in [7, 11) is 0. The molecule has 4 rings (SSSR count). The van der Waals surface area contributed by atoms with E-state index in [1.165, 1.54) is 11.3 Å². The Morgan fingerprint density at radius 1 is 1.17 bits per heavy atom. The summed E-state index contributed by atoms with van der Waals surface area (Å²) in [4.78, 5) is 28.8. The molecule has 120 valence electrons. The SMILES string of the molecule is NC(=O)C(C(=O)O)N1c2ccccc2Oc2cc3ocnc3cc21. The molecule has 0 aliphatic carbocycles. The van der Waals surface area contributed by atoms with Crippen LogP contribution in [0.3, 0.4) is 0 Å². The highest BCUT2D eigenvalue weighted by Crippen LogP contribution is 2.48. The Labute approximate surface area is 135 Å². The maximum atomic E-state index is 11.8. The number of ether oxygens (including phenoxy) is 1. The minimum absolute atomic E-state index is 0.352. The van der Waals surface area contributed by atoms with E-state index in [0.717, 1.165) is 0 Å². The van der Waals surface area contributed by atoms with Crippen LogP contribution in [0.25, 0.3) is 11.1 Å². The van der Waals surface area contributed by atoms with Gasteiger partial charge in [0.05, 0.1) is 11.4 Å². The molecular weight excluding hydrogens is 314 g/mol. The maximum absolute atomic E-state index is 11.8. The first-order chi connectivity index (χ1) is 11.6. The molecule has 0 saturated heterocycles. The third-order valence-corrected chi connectivity index (χ3v) is 3.78. The zero-order valence-electron chi connectivity index (χ0n) is 12.2. The molecule has 1 aliphatic rings. The smallest absolute Gasteiger partial charge is 0.336 e. The number of hydrogen-bond donors (Lipinski definition) is 2. The van der Waals surface area contributed by atoms with E-state index in [1.54, 1.807) is 36.4 Å². The molecule has 1 aliphatic heterocycles. The number of amides is 1. The lowest BCUT2D eigenvalue weighted by Crippen LogP contribution is -2.48. The molecule has 8 nitrogen and oxygen atoms in total. The van der Waals surface area contributed by atoms with Crippen LogP contribution >= 0.6 is 0 Å². The second-order valence-corrected chi connectivity index (χ2v) is 5.22. The summed E-state index contributed by atoms with van der Waals surface area (Å²) in [5.74, 6) is -1.57. The number of carbonyl (C=O) groups is 2. The number of benzene rings is 2. The summed E-state index contributed by atoms with van der Waals surface area (Å²) in [5.41, 5.74) is 7.14. The molecule has 0 fully saturated rings. The van der Waals surface area contributed by atoms with Crippen LogP contribution in [0.4, 0.5) is 11.4 Å². The molecule has 3 aromatic rings. The molecule has 2 heterocycles. The number of aliphatic carboxylic acids is 1. The molecule has 1 unspecified atom stereocenters. The number of nitrogens with zero attached hydrogens (tertiary/aromatic N) is 2. The quantitative estimate of drug-likeness (QED) is 0.707. The first kappa shape index (κ1) is 14.1. The summed E-state index contributed by atoms with van der Waals surface area (Å²) >= 11 is 0. The van der Waals surface area contributed by atoms with Crippen LogP contribution in [0, 0.1) is 0 Å². The van der Waals surface area contributed by atoms with Crippen LogP contribution in [0.15, 0.2) is 47.2 Å². The zero-order chi connectivity index (χ0) is 16.8. The Balaban J connectivity index is 2.00. The van der Waals surface area contributed by atoms with Gasteiger partial charge in [-0.15, -0.1) is 0 Å². The zero-order valence-corrected chi connectivity index (χ0v) is 12.2. The minimum atomic E-state index is -1.59. The van der Waals surface area contributed by atoms with Crippen molar-refractivity contribution in [3.05, 3.63) is 42.8 Å². The molecule has 0 bridgehead atoms. The fourth-order valence-corrected chi connectivity index (χ4v) is 2.77. The number of carbonyl (C=O) groups excluding carboxylic acids is 1. The van der Waals surface area contributed by atoms with E-state index >= 15 is 0 Å². The van der Waals surface area contributed by atoms with Gasteiger partial charge in [0.15, 0.2) is 23.5 Å². The molecule has 0 saturated carbocycles. The number of para-hydroxylation sites is 2. The third kappa shape index (κ3) is 1.97. The van der Waals surface area contributed by atoms with Gasteiger partial charge in [0.2, 0.25) is 6.04 Å². The molecule has 1 aromatic heterocycles. The topological polar surface area (TPSA) is 119 Å². The van der Waals surface area contributed by atoms with Crippen LogP contribution in [0.2, 0.25) is 0 Å². The number of aromatic nitrogens is 1. The largest absolute Gasteiger partial charge is 0.479 e. The Morgan fingerprint density at radius 3 is 2.71 bits per heavy atom. The third-order valence-electron chi connectivity index (χ3n) is 3.78. The number of rotatable bonds is 3. The van der Waals surface area contributed by atoms with Gasteiger partial charge in [-0.1, -0.05) is 12.1 Å². The standard InChI is InChI=1S/C16H11N3O5/c17-15(20)14(16(21)22)19-9-3-1-2-4-11(9)24-13-6-12-8(5-10(13)19)18-7-23-12/h1-7,14H,(H2,17,20)(H,21,22). The van der Waals surface area contributed by atoms with E-state index in [4.69, 9.17) is 14.9 Å². The average molecular weight is 325 g/mol. The average Bonchev–Trinajstić information content (AvgIpc) is 2.99. The number of primary amides is 1. The van der Waals surface area contributed by atoms with E-state index in [2.05, 4.69) is 4.98 Å². The van der Waals surface area contributed by atoms with Crippen LogP contribution < -0.4 is 15.4 Å². The van der Waals surface area contributed by atoms with Gasteiger partial charge in [-0.05, 0) is 18.2 Å². The molecule has 0 radical (unpaired) electrons. The van der Waals surface area contributed by atoms with Gasteiger partial charge >= 0.3 is 5.97 Å². The number of hydrogen-bond acceptors (Lipinski definition) is 6. The minimum Gasteiger partial charge on any atom is -0.479 e. The Hall–Kier alpha value is -3.55. The van der Waals surface area contributed by atoms with Gasteiger partial charge in [-0.3, -0.25) is 4.79 Å². The van der Waals surface area contributed by atoms with Crippen molar-refractivity contribution in [3.63, 3.8) is 0 Å². The maximum Gasteiger partial charge on any atom is 0.336 e. The van der Waals surface area contributed by atoms with E-state index in [9.17, 15) is 14.7 Å². The Morgan fingerprint density at radius 2 is 1.96 bits per heavy atom. The Kier molecular flexibility index (Phi) is 2.92. The van der Waals surface area contributed by atoms with Crippen molar-refractivity contribution in [2.75, 3.05) is 4.90 Å². The predicted octanol–water partition coefficient (Wildman–Crippen LogP) is 2.01. The van der Waals surface area contributed by atoms with Crippen LogP contribution in [-0.4, -0.2) is 28.0 Å². The molecule has 1 atom stereocenters. The van der Waals surface area contributed by atoms with Crippen LogP contribution in [-0.2, 0) is 9.59 Å². The number of carboxylic acid groups (broad SMARTS) is 1. The van der Waals surface area contributed by atoms with Crippen molar-refractivity contribution in [2.45, 2.75) is 6.04 Å². The number of nitrogens with two attached hydrogens (primary N) is 1. The van der Waals surface area contributed by atoms with Crippen molar-refractivity contribution < 1.29 is 23.8 Å². The summed E-state index contributed by atoms with van der Waals surface area (Å²) in [6.45, 7) is 0. The predicted molar refractivity (Wildman–Crippen MR) is 83.3 cm³/mol. The van der Waals surface area contributed by atoms with Crippen molar-refractivity contribution in [2.24, 2.45) is 5.73 Å². The van der Waals surface area contributed by atoms with Crippen molar-refractivity contribution in [1.82, 2.24) is 4.98 Å². The van der Waals surface area contributed by atoms with Crippen molar-refractivity contribution in [3.8, 4) is 11.5 Å². The van der Waals surface area contributed by atoms with Crippen molar-refractivity contribution >= 4 is 34.4 Å². The summed E-state index contributed by atoms with van der Waals surface area (Å²) in [5, 5.41) is 9.50. The van der Waals surface area contributed by atoms with Gasteiger partial charge in [-0.25, -0.2) is 9.78 Å². The fourth-order valence-electron chi connectivity index (χ4n) is 2.77. The molecule has 0 spiro atoms. The molecule has 3 N–H and O–H groups in total. The summed E-state index contributed by atoms with van der Waals surface area (Å²) in [6.07, 6.45) is 1.27. The van der Waals surface area contributed by atoms with Crippen molar-refractivity contribution in [1.29, 1.82) is 0 Å². The van der Waals surface area contributed by atoms with Crippen LogP contribution in [0.1, 0.15) is 0 Å². The lowest BCUT2D eigenvalue weighted by molar-refractivity contribution is -0.141. The molecule has 1 amide bonds. The number of anilines is 2. The highest BCUT2D eigenvalue weighted by molar-refractivity contribution is 6.07. The number of carboxylic acids is 1. The second-order valence-electron chi connectivity index (χ2n) is 5.22. The summed E-state index contributed by atoms with van der Waals surface area (Å²) < 4.78 is 11.1. The summed E-state index contributed by atoms with van der Waals surface area (Å²) in [6, 6.07) is 8.41. The first-order valence-corrected chi connectivity index (χ1v) is 7.02. The molecule has 24 heavy (non-hydrogen) atoms. The highest BCUT2D eigenvalue weighted by Gasteiger charge is 2.38. The van der Waals surface area contributed by atoms with Gasteiger partial charge in [0, 0.05) is 6.07 Å². The number of oxazole rings is 1. The molecule has 8 heteroatoms. The van der Waals surface area contributed by atoms with E-state index in [0.29, 0.717) is 34.0 Å². The molecular formula is C16H11N3O5. The Bertz CT molecular complexity index is 967. The highest BCUT2D eigenvalue weighted by atomic mass is 16.5. The lowest BCUT2D eigenvalue weighted by atomic mass is 10.1. The van der Waals surface area contributed by atoms with E-state index in [1.807, 2.05) is 0 Å². The van der Waals surface area contributed by atoms with E-state index in [-0.39, 0.29) is 0 Å². The van der Waals surface area contributed by atoms with Gasteiger partial charge in [0.1, 0.15) is 5.52 Å². The van der Waals surface area contributed by atoms with Gasteiger partial charge in [-0.2, -0.15) is 0 Å². The second kappa shape index (κ2) is 4.98. The normalized spacial score (nSPS) is 13.8. The first-order valence-electron chi connectivity index (χ1n) is 7.02. The molecule has 2 aromatic carbocycles. The van der Waals surface area contributed by atoms with E-state index < -0.39 is 17.9 Å². The monoisotopic (exact) mass is 325 g/mol. The lowest BCUT2D eigenvalue weighted by Gasteiger charge is -2.35.